The summed E-state index contributed by atoms with van der Waals surface area (Å²) in [7, 11) is 0. The molecule has 114 heavy (non-hydrogen) atoms. The average molecular weight is 1540 g/mol. The van der Waals surface area contributed by atoms with Crippen molar-refractivity contribution in [1.29, 1.82) is 0 Å². The number of carbonyl (C=O) groups excluding carboxylic acids is 9. The van der Waals surface area contributed by atoms with Crippen LogP contribution < -0.4 is 33.3 Å². The van der Waals surface area contributed by atoms with E-state index in [-0.39, 0.29) is 47.3 Å². The maximum absolute atomic E-state index is 13.0. The Bertz CT molecular complexity index is 4790. The third-order valence-corrected chi connectivity index (χ3v) is 18.6. The number of allylic oxidation sites excluding steroid dienone is 5. The lowest BCUT2D eigenvalue weighted by Crippen LogP contribution is -2.32. The summed E-state index contributed by atoms with van der Waals surface area (Å²) in [5, 5.41) is 0. The van der Waals surface area contributed by atoms with Crippen molar-refractivity contribution in [2.45, 2.75) is 173 Å². The second-order valence-corrected chi connectivity index (χ2v) is 28.6. The summed E-state index contributed by atoms with van der Waals surface area (Å²) < 4.78 is 32.8. The standard InChI is InChI=1S/C40H36O6.C29H30O6.C25H33NO2.C4H8O/c1-27(41)44-38-9-6-7-34(25-38)21-30-11-17-33(18-12-30)24-37-20-19-35(26-40(37)46-29(3)43)22-31-13-15-32(16-14-31)23-36-8-4-5-10-39(36)45-28(2)42;1-17-7-9-27(33-20(4)30)23(11-17)15-25-13-19(3)14-26(29(25)35-22(6)32)16-24-12-18(2)8-10-28(24)34-21(5)31;1-4-7-9-14-20(6-3)15-12-16-21(13-5-2)23-19-24(27)26(25(23)28)22-17-10-8-11-18-22;1-3-4(2)5/h4-20,25-26H,21-24H2,1-3H3;7-14H,15-16H2,1-6H3;6-12,16-18,20-21,23H,3-5,13-15,19H2,1-2H3;3H2,1-2H3/b;;9-7+,16-12+;. The Hall–Kier alpha value is -12.2. The van der Waals surface area contributed by atoms with Gasteiger partial charge >= 0.3 is 35.8 Å². The molecular weight excluding hydrogens is 1430 g/mol. The maximum Gasteiger partial charge on any atom is 0.308 e. The van der Waals surface area contributed by atoms with Gasteiger partial charge in [0, 0.05) is 80.1 Å². The number of hydrogen-bond donors (Lipinski definition) is 0. The number of ether oxygens (including phenoxy) is 6. The molecule has 1 aliphatic rings. The molecule has 16 nitrogen and oxygen atoms in total. The molecule has 0 N–H and O–H groups in total. The number of benzene rings is 9. The van der Waals surface area contributed by atoms with Crippen LogP contribution in [-0.4, -0.2) is 53.4 Å². The Kier molecular flexibility index (Phi) is 35.4. The van der Waals surface area contributed by atoms with Gasteiger partial charge in [0.05, 0.1) is 11.6 Å². The van der Waals surface area contributed by atoms with Crippen LogP contribution in [0.3, 0.4) is 0 Å². The molecule has 16 heteroatoms. The number of Topliss-reactive ketones (excluding diaryl/α,β-unsaturated/α-hetero) is 1. The molecule has 3 atom stereocenters. The van der Waals surface area contributed by atoms with Gasteiger partial charge in [0.2, 0.25) is 11.8 Å². The molecule has 9 aromatic rings. The normalized spacial score (nSPS) is 12.7. The van der Waals surface area contributed by atoms with Crippen LogP contribution in [0.1, 0.15) is 198 Å². The summed E-state index contributed by atoms with van der Waals surface area (Å²) >= 11 is 0. The van der Waals surface area contributed by atoms with Gasteiger partial charge in [-0.25, -0.2) is 0 Å². The molecule has 3 unspecified atom stereocenters. The van der Waals surface area contributed by atoms with Crippen molar-refractivity contribution in [3.05, 3.63) is 315 Å². The number of aryl methyl sites for hydroxylation is 3. The second kappa shape index (κ2) is 45.4. The predicted octanol–water partition coefficient (Wildman–Crippen LogP) is 20.5. The zero-order chi connectivity index (χ0) is 82.8. The zero-order valence-corrected chi connectivity index (χ0v) is 68.1. The number of nitrogens with zero attached hydrogens (tertiary/aromatic N) is 1. The molecule has 0 bridgehead atoms. The lowest BCUT2D eigenvalue weighted by Gasteiger charge is -2.19. The fourth-order valence-electron chi connectivity index (χ4n) is 13.2. The third-order valence-electron chi connectivity index (χ3n) is 18.6. The van der Waals surface area contributed by atoms with Crippen LogP contribution in [0.2, 0.25) is 0 Å². The van der Waals surface area contributed by atoms with E-state index in [1.54, 1.807) is 31.2 Å². The van der Waals surface area contributed by atoms with Crippen LogP contribution in [0.15, 0.2) is 231 Å². The number of para-hydroxylation sites is 2. The summed E-state index contributed by atoms with van der Waals surface area (Å²) in [5.74, 6) is 1.14. The molecule has 0 aromatic heterocycles. The monoisotopic (exact) mass is 1540 g/mol. The molecule has 1 aliphatic heterocycles. The van der Waals surface area contributed by atoms with Crippen LogP contribution in [0.4, 0.5) is 5.69 Å². The molecule has 1 fully saturated rings. The Labute approximate surface area is 672 Å². The van der Waals surface area contributed by atoms with Gasteiger partial charge in [-0.15, -0.1) is 6.58 Å². The first-order chi connectivity index (χ1) is 54.6. The molecule has 0 radical (unpaired) electrons. The number of rotatable bonds is 30. The minimum Gasteiger partial charge on any atom is -0.427 e. The zero-order valence-electron chi connectivity index (χ0n) is 68.1. The van der Waals surface area contributed by atoms with Gasteiger partial charge in [-0.3, -0.25) is 43.3 Å². The van der Waals surface area contributed by atoms with Crippen LogP contribution in [0.5, 0.6) is 34.5 Å². The third kappa shape index (κ3) is 29.5. The Balaban J connectivity index is 0.000000237. The molecule has 9 aromatic carbocycles. The Morgan fingerprint density at radius 2 is 0.868 bits per heavy atom. The van der Waals surface area contributed by atoms with Crippen molar-refractivity contribution in [2.24, 2.45) is 17.8 Å². The van der Waals surface area contributed by atoms with Crippen molar-refractivity contribution < 1.29 is 71.6 Å². The number of imide groups is 1. The second-order valence-electron chi connectivity index (χ2n) is 28.6. The van der Waals surface area contributed by atoms with Crippen molar-refractivity contribution >= 4 is 59.1 Å². The van der Waals surface area contributed by atoms with Gasteiger partial charge in [0.15, 0.2) is 0 Å². The molecule has 0 saturated carbocycles. The van der Waals surface area contributed by atoms with Gasteiger partial charge in [-0.1, -0.05) is 220 Å². The van der Waals surface area contributed by atoms with Crippen LogP contribution in [-0.2, 0) is 81.7 Å². The number of anilines is 1. The van der Waals surface area contributed by atoms with E-state index in [0.717, 1.165) is 116 Å². The van der Waals surface area contributed by atoms with Crippen molar-refractivity contribution in [2.75, 3.05) is 4.90 Å². The van der Waals surface area contributed by atoms with Crippen molar-refractivity contribution in [3.63, 3.8) is 0 Å². The summed E-state index contributed by atoms with van der Waals surface area (Å²) in [6, 6.07) is 62.3. The van der Waals surface area contributed by atoms with E-state index in [1.165, 1.54) is 46.4 Å². The first kappa shape index (κ1) is 89.0. The van der Waals surface area contributed by atoms with Crippen LogP contribution in [0.25, 0.3) is 0 Å². The van der Waals surface area contributed by atoms with E-state index in [1.807, 2.05) is 149 Å². The molecule has 1 heterocycles. The first-order valence-electron chi connectivity index (χ1n) is 38.8. The van der Waals surface area contributed by atoms with E-state index in [2.05, 4.69) is 99.3 Å². The fraction of sp³-hybridized carbons (Fsp3) is 0.296. The molecule has 1 saturated heterocycles. The first-order valence-corrected chi connectivity index (χ1v) is 38.8. The van der Waals surface area contributed by atoms with Crippen LogP contribution in [0, 0.1) is 38.5 Å². The minimum absolute atomic E-state index is 0.0644. The number of hydrogen-bond acceptors (Lipinski definition) is 15. The van der Waals surface area contributed by atoms with E-state index in [0.29, 0.717) is 97.5 Å². The molecule has 594 valence electrons. The van der Waals surface area contributed by atoms with Gasteiger partial charge in [-0.2, -0.15) is 0 Å². The molecule has 10 rings (SSSR count). The van der Waals surface area contributed by atoms with Gasteiger partial charge in [0.1, 0.15) is 40.3 Å². The summed E-state index contributed by atoms with van der Waals surface area (Å²) in [6.45, 7) is 25.8. The molecular formula is C98H107NO15. The topological polar surface area (TPSA) is 212 Å². The highest BCUT2D eigenvalue weighted by molar-refractivity contribution is 6.21. The number of amides is 2. The highest BCUT2D eigenvalue weighted by atomic mass is 16.6. The SMILES string of the molecule is C=CC(C/C=C/CC)C/C=C/C(CCC)C1CC(=O)N(c2ccccc2)C1=O.CC(=O)Oc1ccc(C)cc1Cc1cc(C)cc(Cc2cc(C)ccc2OC(C)=O)c1OC(C)=O.CC(=O)Oc1cccc(Cc2ccc(Cc3ccc(Cc4ccc(Cc5ccccc5OC(C)=O)cc4)cc3OC(C)=O)cc2)c1.CCC(C)=O. The molecule has 2 amide bonds. The largest absolute Gasteiger partial charge is 0.427 e. The highest BCUT2D eigenvalue weighted by Gasteiger charge is 2.42. The van der Waals surface area contributed by atoms with E-state index in [4.69, 9.17) is 28.4 Å². The van der Waals surface area contributed by atoms with E-state index in [9.17, 15) is 43.2 Å². The number of esters is 6. The highest BCUT2D eigenvalue weighted by Crippen LogP contribution is 2.38. The van der Waals surface area contributed by atoms with E-state index >= 15 is 0 Å². The maximum atomic E-state index is 13.0. The van der Waals surface area contributed by atoms with Crippen molar-refractivity contribution in [3.8, 4) is 34.5 Å². The van der Waals surface area contributed by atoms with Gasteiger partial charge in [-0.05, 0) is 193 Å². The number of ketones is 1. The predicted molar refractivity (Wildman–Crippen MR) is 448 cm³/mol. The Morgan fingerprint density at radius 1 is 0.421 bits per heavy atom. The minimum atomic E-state index is -0.440. The summed E-state index contributed by atoms with van der Waals surface area (Å²) in [5.41, 5.74) is 15.3. The van der Waals surface area contributed by atoms with Crippen LogP contribution >= 0.6 is 0 Å². The molecule has 0 spiro atoms. The van der Waals surface area contributed by atoms with Gasteiger partial charge < -0.3 is 33.2 Å². The fourth-order valence-corrected chi connectivity index (χ4v) is 13.2. The Morgan fingerprint density at radius 3 is 1.36 bits per heavy atom. The average Bonchev–Trinajstić information content (AvgIpc) is 1.50. The molecule has 0 aliphatic carbocycles. The van der Waals surface area contributed by atoms with Gasteiger partial charge in [0.25, 0.3) is 0 Å². The lowest BCUT2D eigenvalue weighted by atomic mass is 9.86. The summed E-state index contributed by atoms with van der Waals surface area (Å²) in [4.78, 5) is 107. The summed E-state index contributed by atoms with van der Waals surface area (Å²) in [6.07, 6.45) is 20.0. The quantitative estimate of drug-likeness (QED) is 0.0177. The smallest absolute Gasteiger partial charge is 0.308 e. The number of carbonyl (C=O) groups is 9. The lowest BCUT2D eigenvalue weighted by molar-refractivity contribution is -0.132. The van der Waals surface area contributed by atoms with E-state index < -0.39 is 17.9 Å². The van der Waals surface area contributed by atoms with Crippen molar-refractivity contribution in [1.82, 2.24) is 0 Å².